The molecule has 1 saturated heterocycles. The fraction of sp³-hybridized carbons (Fsp3) is 0.250. The van der Waals surface area contributed by atoms with Gasteiger partial charge in [-0.1, -0.05) is 35.5 Å². The van der Waals surface area contributed by atoms with E-state index in [1.165, 1.54) is 11.0 Å². The van der Waals surface area contributed by atoms with Gasteiger partial charge in [0.15, 0.2) is 0 Å². The number of anilines is 1. The molecule has 4 rings (SSSR count). The first kappa shape index (κ1) is 16.4. The third-order valence-corrected chi connectivity index (χ3v) is 4.69. The van der Waals surface area contributed by atoms with E-state index in [-0.39, 0.29) is 18.2 Å². The lowest BCUT2D eigenvalue weighted by atomic mass is 10.1. The van der Waals surface area contributed by atoms with Gasteiger partial charge >= 0.3 is 0 Å². The quantitative estimate of drug-likeness (QED) is 0.715. The van der Waals surface area contributed by atoms with Gasteiger partial charge < -0.3 is 9.42 Å². The Morgan fingerprint density at radius 1 is 1.19 bits per heavy atom. The summed E-state index contributed by atoms with van der Waals surface area (Å²) in [7, 11) is 0. The Morgan fingerprint density at radius 2 is 2.00 bits per heavy atom. The molecule has 0 bridgehead atoms. The van der Waals surface area contributed by atoms with Gasteiger partial charge in [0.05, 0.1) is 11.6 Å². The highest BCUT2D eigenvalue weighted by Gasteiger charge is 2.36. The highest BCUT2D eigenvalue weighted by molar-refractivity contribution is 5.96. The zero-order valence-corrected chi connectivity index (χ0v) is 14.6. The minimum atomic E-state index is -0.407. The largest absolute Gasteiger partial charge is 0.339 e. The van der Waals surface area contributed by atoms with Crippen LogP contribution in [0.15, 0.2) is 47.0 Å². The summed E-state index contributed by atoms with van der Waals surface area (Å²) in [5.41, 5.74) is 3.15. The first-order valence-corrected chi connectivity index (χ1v) is 8.49. The maximum Gasteiger partial charge on any atom is 0.232 e. The van der Waals surface area contributed by atoms with E-state index in [0.717, 1.165) is 16.7 Å². The van der Waals surface area contributed by atoms with Gasteiger partial charge in [-0.3, -0.25) is 4.79 Å². The molecule has 1 unspecified atom stereocenters. The number of amides is 1. The minimum absolute atomic E-state index is 0.143. The lowest BCUT2D eigenvalue weighted by Crippen LogP contribution is -2.25. The van der Waals surface area contributed by atoms with Crippen LogP contribution in [-0.4, -0.2) is 22.6 Å². The van der Waals surface area contributed by atoms with Gasteiger partial charge in [-0.2, -0.15) is 4.98 Å². The van der Waals surface area contributed by atoms with Crippen LogP contribution in [0.5, 0.6) is 0 Å². The number of rotatable bonds is 3. The second kappa shape index (κ2) is 6.37. The molecule has 0 saturated carbocycles. The summed E-state index contributed by atoms with van der Waals surface area (Å²) in [6, 6.07) is 12.5. The van der Waals surface area contributed by atoms with E-state index < -0.39 is 5.82 Å². The van der Waals surface area contributed by atoms with Gasteiger partial charge in [0, 0.05) is 18.5 Å². The zero-order chi connectivity index (χ0) is 18.3. The number of aryl methyl sites for hydroxylation is 2. The van der Waals surface area contributed by atoms with E-state index in [2.05, 4.69) is 10.1 Å². The first-order valence-electron chi connectivity index (χ1n) is 8.49. The topological polar surface area (TPSA) is 59.2 Å². The van der Waals surface area contributed by atoms with Crippen molar-refractivity contribution in [3.8, 4) is 11.4 Å². The first-order chi connectivity index (χ1) is 12.5. The van der Waals surface area contributed by atoms with Crippen LogP contribution in [0.4, 0.5) is 10.1 Å². The van der Waals surface area contributed by atoms with Crippen molar-refractivity contribution in [2.75, 3.05) is 11.4 Å². The molecular formula is C20H18FN3O2. The fourth-order valence-electron chi connectivity index (χ4n) is 3.27. The summed E-state index contributed by atoms with van der Waals surface area (Å²) >= 11 is 0. The van der Waals surface area contributed by atoms with Gasteiger partial charge in [0.1, 0.15) is 5.82 Å². The molecular weight excluding hydrogens is 333 g/mol. The second-order valence-corrected chi connectivity index (χ2v) is 6.63. The van der Waals surface area contributed by atoms with Crippen molar-refractivity contribution >= 4 is 11.6 Å². The highest BCUT2D eigenvalue weighted by atomic mass is 19.1. The monoisotopic (exact) mass is 351 g/mol. The number of aromatic nitrogens is 2. The average molecular weight is 351 g/mol. The van der Waals surface area contributed by atoms with Gasteiger partial charge in [0.2, 0.25) is 17.6 Å². The number of hydrogen-bond acceptors (Lipinski definition) is 4. The van der Waals surface area contributed by atoms with E-state index in [1.807, 2.05) is 38.1 Å². The molecule has 132 valence electrons. The van der Waals surface area contributed by atoms with Crippen LogP contribution < -0.4 is 4.90 Å². The van der Waals surface area contributed by atoms with E-state index in [1.54, 1.807) is 12.1 Å². The number of carbonyl (C=O) groups excluding carboxylic acids is 1. The molecule has 2 heterocycles. The molecule has 3 aromatic rings. The van der Waals surface area contributed by atoms with Crippen molar-refractivity contribution in [1.29, 1.82) is 0 Å². The Bertz CT molecular complexity index is 983. The molecule has 6 heteroatoms. The maximum atomic E-state index is 14.1. The van der Waals surface area contributed by atoms with E-state index in [9.17, 15) is 9.18 Å². The van der Waals surface area contributed by atoms with Crippen molar-refractivity contribution in [2.45, 2.75) is 26.2 Å². The normalized spacial score (nSPS) is 17.1. The Hall–Kier alpha value is -3.02. The zero-order valence-electron chi connectivity index (χ0n) is 14.6. The standard InChI is InChI=1S/C20H18FN3O2/c1-12-7-8-16(21)17(9-12)24-11-14(10-18(24)25)20-22-19(23-26-20)15-6-4-3-5-13(15)2/h3-9,14H,10-11H2,1-2H3. The SMILES string of the molecule is Cc1ccc(F)c(N2CC(c3nc(-c4ccccc4C)no3)CC2=O)c1. The van der Waals surface area contributed by atoms with Crippen molar-refractivity contribution in [3.05, 3.63) is 65.3 Å². The molecule has 1 aromatic heterocycles. The number of carbonyl (C=O) groups is 1. The maximum absolute atomic E-state index is 14.1. The highest BCUT2D eigenvalue weighted by Crippen LogP contribution is 2.33. The van der Waals surface area contributed by atoms with Crippen molar-refractivity contribution in [1.82, 2.24) is 10.1 Å². The summed E-state index contributed by atoms with van der Waals surface area (Å²) in [6.45, 7) is 4.18. The molecule has 26 heavy (non-hydrogen) atoms. The predicted molar refractivity (Wildman–Crippen MR) is 95.3 cm³/mol. The Morgan fingerprint density at radius 3 is 2.81 bits per heavy atom. The molecule has 0 N–H and O–H groups in total. The van der Waals surface area contributed by atoms with Crippen LogP contribution in [0.25, 0.3) is 11.4 Å². The van der Waals surface area contributed by atoms with Crippen LogP contribution in [0.1, 0.15) is 29.4 Å². The lowest BCUT2D eigenvalue weighted by Gasteiger charge is -2.17. The van der Waals surface area contributed by atoms with Crippen LogP contribution in [0, 0.1) is 19.7 Å². The third kappa shape index (κ3) is 2.87. The average Bonchev–Trinajstić information content (AvgIpc) is 3.24. The van der Waals surface area contributed by atoms with Gasteiger partial charge in [-0.25, -0.2) is 4.39 Å². The molecule has 1 fully saturated rings. The van der Waals surface area contributed by atoms with Crippen LogP contribution in [0.3, 0.4) is 0 Å². The molecule has 0 aliphatic carbocycles. The number of hydrogen-bond donors (Lipinski definition) is 0. The molecule has 1 aliphatic rings. The van der Waals surface area contributed by atoms with Crippen LogP contribution in [-0.2, 0) is 4.79 Å². The van der Waals surface area contributed by atoms with Gasteiger partial charge in [0.25, 0.3) is 0 Å². The Balaban J connectivity index is 1.60. The van der Waals surface area contributed by atoms with Gasteiger partial charge in [-0.15, -0.1) is 0 Å². The van der Waals surface area contributed by atoms with Crippen molar-refractivity contribution in [2.24, 2.45) is 0 Å². The Kier molecular flexibility index (Phi) is 4.03. The molecule has 1 aliphatic heterocycles. The van der Waals surface area contributed by atoms with Crippen molar-refractivity contribution < 1.29 is 13.7 Å². The fourth-order valence-corrected chi connectivity index (χ4v) is 3.27. The molecule has 0 radical (unpaired) electrons. The molecule has 2 aromatic carbocycles. The van der Waals surface area contributed by atoms with E-state index >= 15 is 0 Å². The lowest BCUT2D eigenvalue weighted by molar-refractivity contribution is -0.117. The Labute approximate surface area is 150 Å². The number of benzene rings is 2. The molecule has 5 nitrogen and oxygen atoms in total. The second-order valence-electron chi connectivity index (χ2n) is 6.63. The molecule has 1 atom stereocenters. The molecule has 1 amide bonds. The summed E-state index contributed by atoms with van der Waals surface area (Å²) < 4.78 is 19.6. The van der Waals surface area contributed by atoms with Crippen molar-refractivity contribution in [3.63, 3.8) is 0 Å². The van der Waals surface area contributed by atoms with Crippen LogP contribution >= 0.6 is 0 Å². The van der Waals surface area contributed by atoms with E-state index in [4.69, 9.17) is 4.52 Å². The number of halogens is 1. The third-order valence-electron chi connectivity index (χ3n) is 4.69. The summed E-state index contributed by atoms with van der Waals surface area (Å²) in [6.07, 6.45) is 0.225. The smallest absolute Gasteiger partial charge is 0.232 e. The summed E-state index contributed by atoms with van der Waals surface area (Å²) in [5, 5.41) is 4.06. The van der Waals surface area contributed by atoms with Crippen LogP contribution in [0.2, 0.25) is 0 Å². The predicted octanol–water partition coefficient (Wildman–Crippen LogP) is 4.01. The van der Waals surface area contributed by atoms with Gasteiger partial charge in [-0.05, 0) is 37.1 Å². The summed E-state index contributed by atoms with van der Waals surface area (Å²) in [4.78, 5) is 18.4. The molecule has 0 spiro atoms. The van der Waals surface area contributed by atoms with E-state index in [0.29, 0.717) is 23.9 Å². The number of nitrogens with zero attached hydrogens (tertiary/aromatic N) is 3. The minimum Gasteiger partial charge on any atom is -0.339 e. The summed E-state index contributed by atoms with van der Waals surface area (Å²) in [5.74, 6) is 0.122.